The summed E-state index contributed by atoms with van der Waals surface area (Å²) in [7, 11) is 0. The van der Waals surface area contributed by atoms with Crippen LogP contribution in [0.15, 0.2) is 34.9 Å². The van der Waals surface area contributed by atoms with Crippen LogP contribution in [0.1, 0.15) is 37.7 Å². The SMILES string of the molecule is c1ccc2c(CNC3CC4CC3C3CCCC43)coc2c1. The molecule has 5 rings (SSSR count). The minimum absolute atomic E-state index is 0.753. The summed E-state index contributed by atoms with van der Waals surface area (Å²) in [5, 5.41) is 5.13. The molecule has 3 saturated carbocycles. The molecule has 21 heavy (non-hydrogen) atoms. The van der Waals surface area contributed by atoms with Crippen molar-refractivity contribution < 1.29 is 4.42 Å². The number of nitrogens with one attached hydrogen (secondary N) is 1. The van der Waals surface area contributed by atoms with Gasteiger partial charge in [-0.15, -0.1) is 0 Å². The van der Waals surface area contributed by atoms with E-state index in [1.54, 1.807) is 0 Å². The van der Waals surface area contributed by atoms with Crippen molar-refractivity contribution in [3.63, 3.8) is 0 Å². The lowest BCUT2D eigenvalue weighted by molar-refractivity contribution is 0.208. The zero-order valence-electron chi connectivity index (χ0n) is 12.4. The molecule has 2 nitrogen and oxygen atoms in total. The Morgan fingerprint density at radius 1 is 1.05 bits per heavy atom. The molecule has 0 saturated heterocycles. The van der Waals surface area contributed by atoms with Gasteiger partial charge in [0.15, 0.2) is 0 Å². The van der Waals surface area contributed by atoms with Crippen molar-refractivity contribution in [1.82, 2.24) is 5.32 Å². The van der Waals surface area contributed by atoms with E-state index in [0.717, 1.165) is 41.8 Å². The maximum atomic E-state index is 5.66. The lowest BCUT2D eigenvalue weighted by Crippen LogP contribution is -2.38. The van der Waals surface area contributed by atoms with Gasteiger partial charge >= 0.3 is 0 Å². The van der Waals surface area contributed by atoms with Crippen LogP contribution in [0.4, 0.5) is 0 Å². The lowest BCUT2D eigenvalue weighted by Gasteiger charge is -2.32. The normalized spacial score (nSPS) is 37.4. The van der Waals surface area contributed by atoms with E-state index in [1.165, 1.54) is 43.1 Å². The third-order valence-electron chi connectivity index (χ3n) is 6.54. The van der Waals surface area contributed by atoms with Crippen LogP contribution < -0.4 is 5.32 Å². The smallest absolute Gasteiger partial charge is 0.134 e. The van der Waals surface area contributed by atoms with Crippen LogP contribution in [0.25, 0.3) is 11.0 Å². The van der Waals surface area contributed by atoms with Crippen LogP contribution in [0.5, 0.6) is 0 Å². The van der Waals surface area contributed by atoms with Gasteiger partial charge in [0, 0.05) is 23.5 Å². The van der Waals surface area contributed by atoms with Gasteiger partial charge in [-0.2, -0.15) is 0 Å². The number of rotatable bonds is 3. The van der Waals surface area contributed by atoms with Gasteiger partial charge in [-0.05, 0) is 55.4 Å². The molecule has 2 aromatic rings. The van der Waals surface area contributed by atoms with Gasteiger partial charge in [0.2, 0.25) is 0 Å². The third kappa shape index (κ3) is 1.81. The standard InChI is InChI=1S/C19H23NO/c1-2-7-19-15(4-1)13(11-21-19)10-20-18-9-12-8-17(18)16-6-3-5-14(12)16/h1-2,4,7,11-12,14,16-18,20H,3,5-6,8-10H2. The maximum absolute atomic E-state index is 5.66. The van der Waals surface area contributed by atoms with E-state index in [4.69, 9.17) is 4.42 Å². The van der Waals surface area contributed by atoms with Gasteiger partial charge in [0.1, 0.15) is 5.58 Å². The Labute approximate surface area is 125 Å². The predicted octanol–water partition coefficient (Wildman–Crippen LogP) is 4.35. The second-order valence-corrected chi connectivity index (χ2v) is 7.40. The first-order valence-corrected chi connectivity index (χ1v) is 8.58. The Morgan fingerprint density at radius 3 is 2.95 bits per heavy atom. The minimum Gasteiger partial charge on any atom is -0.464 e. The van der Waals surface area contributed by atoms with E-state index in [2.05, 4.69) is 23.5 Å². The van der Waals surface area contributed by atoms with Crippen molar-refractivity contribution in [2.75, 3.05) is 0 Å². The van der Waals surface area contributed by atoms with Crippen molar-refractivity contribution in [2.45, 2.75) is 44.7 Å². The van der Waals surface area contributed by atoms with Gasteiger partial charge in [0.05, 0.1) is 6.26 Å². The molecule has 3 aliphatic rings. The molecule has 5 atom stereocenters. The fraction of sp³-hybridized carbons (Fsp3) is 0.579. The highest BCUT2D eigenvalue weighted by Gasteiger charge is 2.53. The summed E-state index contributed by atoms with van der Waals surface area (Å²) in [6.45, 7) is 0.961. The molecular weight excluding hydrogens is 258 g/mol. The number of hydrogen-bond donors (Lipinski definition) is 1. The van der Waals surface area contributed by atoms with E-state index in [9.17, 15) is 0 Å². The van der Waals surface area contributed by atoms with Gasteiger partial charge in [-0.1, -0.05) is 24.6 Å². The molecule has 1 N–H and O–H groups in total. The average Bonchev–Trinajstić information content (AvgIpc) is 3.25. The first kappa shape index (κ1) is 12.3. The third-order valence-corrected chi connectivity index (χ3v) is 6.54. The minimum atomic E-state index is 0.753. The second-order valence-electron chi connectivity index (χ2n) is 7.40. The van der Waals surface area contributed by atoms with E-state index in [0.29, 0.717) is 0 Å². The molecule has 5 unspecified atom stereocenters. The Hall–Kier alpha value is -1.28. The fourth-order valence-electron chi connectivity index (χ4n) is 5.71. The van der Waals surface area contributed by atoms with Crippen molar-refractivity contribution >= 4 is 11.0 Å². The summed E-state index contributed by atoms with van der Waals surface area (Å²) in [4.78, 5) is 0. The van der Waals surface area contributed by atoms with Gasteiger partial charge < -0.3 is 9.73 Å². The molecule has 1 aromatic heterocycles. The summed E-state index contributed by atoms with van der Waals surface area (Å²) in [5.74, 6) is 4.12. The molecule has 110 valence electrons. The van der Waals surface area contributed by atoms with Crippen LogP contribution in [0.3, 0.4) is 0 Å². The Morgan fingerprint density at radius 2 is 1.95 bits per heavy atom. The largest absolute Gasteiger partial charge is 0.464 e. The highest BCUT2D eigenvalue weighted by Crippen LogP contribution is 2.58. The van der Waals surface area contributed by atoms with Crippen LogP contribution in [0.2, 0.25) is 0 Å². The second kappa shape index (κ2) is 4.61. The van der Waals surface area contributed by atoms with Crippen LogP contribution >= 0.6 is 0 Å². The average molecular weight is 281 g/mol. The molecule has 0 spiro atoms. The fourth-order valence-corrected chi connectivity index (χ4v) is 5.71. The van der Waals surface area contributed by atoms with Crippen LogP contribution in [-0.4, -0.2) is 6.04 Å². The van der Waals surface area contributed by atoms with E-state index >= 15 is 0 Å². The summed E-state index contributed by atoms with van der Waals surface area (Å²) in [6, 6.07) is 9.12. The van der Waals surface area contributed by atoms with Crippen molar-refractivity contribution in [3.8, 4) is 0 Å². The van der Waals surface area contributed by atoms with Gasteiger partial charge in [0.25, 0.3) is 0 Å². The molecule has 1 aromatic carbocycles. The molecule has 3 aliphatic carbocycles. The summed E-state index contributed by atoms with van der Waals surface area (Å²) < 4.78 is 5.66. The number of para-hydroxylation sites is 1. The Bertz CT molecular complexity index is 660. The van der Waals surface area contributed by atoms with E-state index in [-0.39, 0.29) is 0 Å². The number of hydrogen-bond acceptors (Lipinski definition) is 2. The van der Waals surface area contributed by atoms with Crippen molar-refractivity contribution in [2.24, 2.45) is 23.7 Å². The molecule has 2 heteroatoms. The molecule has 0 radical (unpaired) electrons. The van der Waals surface area contributed by atoms with Crippen LogP contribution in [0, 0.1) is 23.7 Å². The molecular formula is C19H23NO. The monoisotopic (exact) mass is 281 g/mol. The molecule has 0 amide bonds. The van der Waals surface area contributed by atoms with Gasteiger partial charge in [-0.3, -0.25) is 0 Å². The highest BCUT2D eigenvalue weighted by atomic mass is 16.3. The summed E-state index contributed by atoms with van der Waals surface area (Å²) in [5.41, 5.74) is 2.33. The molecule has 0 aliphatic heterocycles. The number of benzene rings is 1. The summed E-state index contributed by atoms with van der Waals surface area (Å²) >= 11 is 0. The maximum Gasteiger partial charge on any atom is 0.134 e. The Kier molecular flexibility index (Phi) is 2.69. The molecule has 3 fully saturated rings. The quantitative estimate of drug-likeness (QED) is 0.905. The first-order chi connectivity index (χ1) is 10.4. The summed E-state index contributed by atoms with van der Waals surface area (Å²) in [6.07, 6.45) is 9.36. The Balaban J connectivity index is 1.31. The van der Waals surface area contributed by atoms with Crippen molar-refractivity contribution in [3.05, 3.63) is 36.1 Å². The number of furan rings is 1. The zero-order chi connectivity index (χ0) is 13.8. The highest BCUT2D eigenvalue weighted by molar-refractivity contribution is 5.80. The van der Waals surface area contributed by atoms with E-state index < -0.39 is 0 Å². The zero-order valence-corrected chi connectivity index (χ0v) is 12.4. The topological polar surface area (TPSA) is 25.2 Å². The lowest BCUT2D eigenvalue weighted by atomic mass is 9.79. The molecule has 2 bridgehead atoms. The molecule has 1 heterocycles. The van der Waals surface area contributed by atoms with Crippen molar-refractivity contribution in [1.29, 1.82) is 0 Å². The van der Waals surface area contributed by atoms with Gasteiger partial charge in [-0.25, -0.2) is 0 Å². The number of fused-ring (bicyclic) bond motifs is 6. The predicted molar refractivity (Wildman–Crippen MR) is 83.9 cm³/mol. The van der Waals surface area contributed by atoms with Crippen LogP contribution in [-0.2, 0) is 6.54 Å². The first-order valence-electron chi connectivity index (χ1n) is 8.58. The van der Waals surface area contributed by atoms with E-state index in [1.807, 2.05) is 12.3 Å².